The molecule has 0 atom stereocenters. The Kier molecular flexibility index (Phi) is 7.19. The molecule has 0 spiro atoms. The monoisotopic (exact) mass is 415 g/mol. The lowest BCUT2D eigenvalue weighted by Gasteiger charge is -2.29. The van der Waals surface area contributed by atoms with Crippen LogP contribution in [0.4, 0.5) is 5.69 Å². The summed E-state index contributed by atoms with van der Waals surface area (Å²) in [5.41, 5.74) is 4.96. The maximum Gasteiger partial charge on any atom is 0.119 e. The van der Waals surface area contributed by atoms with Crippen molar-refractivity contribution in [2.45, 2.75) is 32.9 Å². The van der Waals surface area contributed by atoms with E-state index in [0.717, 1.165) is 24.1 Å². The van der Waals surface area contributed by atoms with Crippen LogP contribution in [0.3, 0.4) is 0 Å². The van der Waals surface area contributed by atoms with Crippen molar-refractivity contribution < 1.29 is 0 Å². The zero-order chi connectivity index (χ0) is 19.2. The lowest BCUT2D eigenvalue weighted by atomic mass is 10.0. The van der Waals surface area contributed by atoms with Crippen LogP contribution in [-0.4, -0.2) is 0 Å². The summed E-state index contributed by atoms with van der Waals surface area (Å²) < 4.78 is 0. The number of halogens is 2. The fraction of sp³-hybridized carbons (Fsp3) is 0.217. The molecule has 3 aromatic carbocycles. The van der Waals surface area contributed by atoms with Crippen LogP contribution < -0.4 is 10.2 Å². The number of nitrogens with zero attached hydrogens (tertiary/aromatic N) is 1. The van der Waals surface area contributed by atoms with Crippen LogP contribution in [0.1, 0.15) is 36.5 Å². The molecule has 4 heteroatoms. The molecular weight excluding hydrogens is 392 g/mol. The van der Waals surface area contributed by atoms with Crippen LogP contribution in [0, 0.1) is 0 Å². The Labute approximate surface area is 173 Å². The minimum atomic E-state index is -1.23. The largest absolute Gasteiger partial charge is 0.362 e. The fourth-order valence-electron chi connectivity index (χ4n) is 3.13. The molecule has 3 aromatic rings. The normalized spacial score (nSPS) is 11.2. The van der Waals surface area contributed by atoms with E-state index in [2.05, 4.69) is 85.5 Å². The van der Waals surface area contributed by atoms with Crippen molar-refractivity contribution in [1.29, 1.82) is 0 Å². The topological polar surface area (TPSA) is 3.24 Å². The molecule has 0 fully saturated rings. The number of hydrogen-bond donors (Lipinski definition) is 0. The van der Waals surface area contributed by atoms with Gasteiger partial charge in [0.15, 0.2) is 0 Å². The molecule has 0 aliphatic rings. The molecule has 1 nitrogen and oxygen atoms in total. The van der Waals surface area contributed by atoms with E-state index >= 15 is 0 Å². The fourth-order valence-corrected chi connectivity index (χ4v) is 4.55. The van der Waals surface area contributed by atoms with Gasteiger partial charge in [0, 0.05) is 24.1 Å². The summed E-state index contributed by atoms with van der Waals surface area (Å²) in [6, 6.07) is 27.6. The highest BCUT2D eigenvalue weighted by atomic mass is 35.9. The SMILES string of the molecule is CC(C)c1ccc(P(Cl)Cl)c(N(Cc2ccccc2)Cc2ccccc2)c1. The van der Waals surface area contributed by atoms with E-state index in [9.17, 15) is 0 Å². The standard InChI is InChI=1S/C23H24Cl2NP/c1-18(2)21-13-14-23(27(24)25)22(15-21)26(16-19-9-5-3-6-10-19)17-20-11-7-4-8-12-20/h3-15,18H,16-17H2,1-2H3. The molecule has 140 valence electrons. The summed E-state index contributed by atoms with van der Waals surface area (Å²) in [4.78, 5) is 2.38. The molecule has 0 radical (unpaired) electrons. The molecule has 0 N–H and O–H groups in total. The first-order valence-corrected chi connectivity index (χ1v) is 12.3. The first kappa shape index (κ1) is 20.2. The van der Waals surface area contributed by atoms with Gasteiger partial charge in [0.25, 0.3) is 0 Å². The molecule has 0 amide bonds. The van der Waals surface area contributed by atoms with E-state index in [0.29, 0.717) is 5.92 Å². The predicted octanol–water partition coefficient (Wildman–Crippen LogP) is 7.43. The number of rotatable bonds is 7. The summed E-state index contributed by atoms with van der Waals surface area (Å²) in [5, 5.41) is 1.02. The van der Waals surface area contributed by atoms with Crippen molar-refractivity contribution in [3.05, 3.63) is 95.6 Å². The minimum Gasteiger partial charge on any atom is -0.362 e. The lowest BCUT2D eigenvalue weighted by Crippen LogP contribution is -2.26. The summed E-state index contributed by atoms with van der Waals surface area (Å²) in [6.45, 7) is 4.81. The number of hydrogen-bond acceptors (Lipinski definition) is 1. The molecule has 0 unspecified atom stereocenters. The minimum absolute atomic E-state index is 0.449. The summed E-state index contributed by atoms with van der Waals surface area (Å²) in [6.07, 6.45) is 0. The second kappa shape index (κ2) is 9.60. The predicted molar refractivity (Wildman–Crippen MR) is 122 cm³/mol. The van der Waals surface area contributed by atoms with E-state index in [1.807, 2.05) is 12.1 Å². The van der Waals surface area contributed by atoms with Gasteiger partial charge in [-0.15, -0.1) is 0 Å². The van der Waals surface area contributed by atoms with Gasteiger partial charge in [-0.2, -0.15) is 0 Å². The van der Waals surface area contributed by atoms with E-state index in [4.69, 9.17) is 22.5 Å². The maximum atomic E-state index is 6.39. The summed E-state index contributed by atoms with van der Waals surface area (Å²) in [5.74, 6) is 0.449. The zero-order valence-electron chi connectivity index (χ0n) is 15.6. The van der Waals surface area contributed by atoms with Crippen molar-refractivity contribution in [3.8, 4) is 0 Å². The highest BCUT2D eigenvalue weighted by Gasteiger charge is 2.18. The Morgan fingerprint density at radius 3 is 1.74 bits per heavy atom. The second-order valence-corrected chi connectivity index (χ2v) is 10.5. The molecule has 0 saturated heterocycles. The van der Waals surface area contributed by atoms with Crippen LogP contribution in [0.2, 0.25) is 0 Å². The van der Waals surface area contributed by atoms with Gasteiger partial charge < -0.3 is 4.90 Å². The lowest BCUT2D eigenvalue weighted by molar-refractivity contribution is 0.797. The smallest absolute Gasteiger partial charge is 0.119 e. The van der Waals surface area contributed by atoms with Crippen molar-refractivity contribution >= 4 is 40.1 Å². The molecular formula is C23H24Cl2NP. The van der Waals surface area contributed by atoms with Gasteiger partial charge in [0.05, 0.1) is 0 Å². The summed E-state index contributed by atoms with van der Waals surface area (Å²) >= 11 is 12.8. The molecule has 0 aliphatic heterocycles. The van der Waals surface area contributed by atoms with E-state index in [-0.39, 0.29) is 0 Å². The molecule has 3 rings (SSSR count). The van der Waals surface area contributed by atoms with Crippen molar-refractivity contribution in [1.82, 2.24) is 0 Å². The highest BCUT2D eigenvalue weighted by molar-refractivity contribution is 8.09. The van der Waals surface area contributed by atoms with E-state index < -0.39 is 6.63 Å². The Morgan fingerprint density at radius 1 is 0.778 bits per heavy atom. The van der Waals surface area contributed by atoms with Crippen LogP contribution >= 0.6 is 29.1 Å². The average Bonchev–Trinajstić information content (AvgIpc) is 2.68. The molecule has 0 aliphatic carbocycles. The second-order valence-electron chi connectivity index (χ2n) is 6.96. The van der Waals surface area contributed by atoms with Crippen molar-refractivity contribution in [3.63, 3.8) is 0 Å². The van der Waals surface area contributed by atoms with Crippen molar-refractivity contribution in [2.24, 2.45) is 0 Å². The van der Waals surface area contributed by atoms with E-state index in [1.165, 1.54) is 16.7 Å². The Hall–Kier alpha value is -1.53. The maximum absolute atomic E-state index is 6.39. The molecule has 27 heavy (non-hydrogen) atoms. The Bertz CT molecular complexity index is 809. The number of benzene rings is 3. The number of anilines is 1. The van der Waals surface area contributed by atoms with Crippen LogP contribution in [0.15, 0.2) is 78.9 Å². The van der Waals surface area contributed by atoms with Gasteiger partial charge >= 0.3 is 0 Å². The molecule has 0 bridgehead atoms. The highest BCUT2D eigenvalue weighted by Crippen LogP contribution is 2.48. The first-order valence-electron chi connectivity index (χ1n) is 9.13. The third kappa shape index (κ3) is 5.48. The molecule has 0 saturated carbocycles. The zero-order valence-corrected chi connectivity index (χ0v) is 18.1. The van der Waals surface area contributed by atoms with E-state index in [1.54, 1.807) is 0 Å². The van der Waals surface area contributed by atoms with Gasteiger partial charge in [-0.1, -0.05) is 103 Å². The van der Waals surface area contributed by atoms with Crippen molar-refractivity contribution in [2.75, 3.05) is 4.90 Å². The van der Waals surface area contributed by atoms with Crippen LogP contribution in [0.5, 0.6) is 0 Å². The molecule has 0 aromatic heterocycles. The quantitative estimate of drug-likeness (QED) is 0.362. The molecule has 0 heterocycles. The van der Waals surface area contributed by atoms with Gasteiger partial charge in [-0.05, 0) is 34.7 Å². The summed E-state index contributed by atoms with van der Waals surface area (Å²) in [7, 11) is 0. The van der Waals surface area contributed by atoms with Gasteiger partial charge in [0.2, 0.25) is 0 Å². The Balaban J connectivity index is 2.04. The van der Waals surface area contributed by atoms with Gasteiger partial charge in [-0.3, -0.25) is 0 Å². The van der Waals surface area contributed by atoms with Gasteiger partial charge in [0.1, 0.15) is 6.63 Å². The average molecular weight is 416 g/mol. The Morgan fingerprint density at radius 2 is 1.30 bits per heavy atom. The third-order valence-corrected chi connectivity index (χ3v) is 6.46. The van der Waals surface area contributed by atoms with Crippen LogP contribution in [0.25, 0.3) is 0 Å². The third-order valence-electron chi connectivity index (χ3n) is 4.62. The van der Waals surface area contributed by atoms with Gasteiger partial charge in [-0.25, -0.2) is 0 Å². The van der Waals surface area contributed by atoms with Crippen LogP contribution in [-0.2, 0) is 13.1 Å². The first-order chi connectivity index (χ1) is 13.0.